The average Bonchev–Trinajstić information content (AvgIpc) is 3.17. The van der Waals surface area contributed by atoms with E-state index < -0.39 is 0 Å². The van der Waals surface area contributed by atoms with Crippen LogP contribution < -0.4 is 5.32 Å². The van der Waals surface area contributed by atoms with Gasteiger partial charge in [-0.1, -0.05) is 12.1 Å². The number of aryl methyl sites for hydroxylation is 1. The van der Waals surface area contributed by atoms with Crippen LogP contribution in [-0.4, -0.2) is 43.0 Å². The van der Waals surface area contributed by atoms with Crippen molar-refractivity contribution in [3.8, 4) is 0 Å². The second-order valence-corrected chi connectivity index (χ2v) is 6.50. The third kappa shape index (κ3) is 4.10. The van der Waals surface area contributed by atoms with Crippen molar-refractivity contribution in [1.82, 2.24) is 4.90 Å². The molecular weight excluding hydrogens is 292 g/mol. The van der Waals surface area contributed by atoms with Crippen LogP contribution in [0.2, 0.25) is 0 Å². The summed E-state index contributed by atoms with van der Waals surface area (Å²) in [5, 5.41) is 2.84. The maximum Gasteiger partial charge on any atom is 0.256 e. The molecule has 1 N–H and O–H groups in total. The first-order valence-electron chi connectivity index (χ1n) is 8.41. The second-order valence-electron chi connectivity index (χ2n) is 6.50. The molecule has 0 spiro atoms. The molecule has 1 aromatic carbocycles. The SMILES string of the molecule is Cc1cccc(NC(=O)COCC2CC2)c1C(=O)N1CCCC1. The fourth-order valence-corrected chi connectivity index (χ4v) is 2.92. The summed E-state index contributed by atoms with van der Waals surface area (Å²) < 4.78 is 5.41. The predicted octanol–water partition coefficient (Wildman–Crippen LogP) is 2.60. The third-order valence-electron chi connectivity index (χ3n) is 4.44. The zero-order chi connectivity index (χ0) is 16.2. The topological polar surface area (TPSA) is 58.6 Å². The van der Waals surface area contributed by atoms with Gasteiger partial charge in [0.15, 0.2) is 0 Å². The molecule has 1 aliphatic heterocycles. The van der Waals surface area contributed by atoms with Crippen LogP contribution in [0.15, 0.2) is 18.2 Å². The van der Waals surface area contributed by atoms with Crippen molar-refractivity contribution in [2.75, 3.05) is 31.6 Å². The zero-order valence-corrected chi connectivity index (χ0v) is 13.6. The number of ether oxygens (including phenoxy) is 1. The van der Waals surface area contributed by atoms with Gasteiger partial charge < -0.3 is 15.0 Å². The highest BCUT2D eigenvalue weighted by Crippen LogP contribution is 2.28. The van der Waals surface area contributed by atoms with Gasteiger partial charge in [-0.15, -0.1) is 0 Å². The highest BCUT2D eigenvalue weighted by Gasteiger charge is 2.24. The van der Waals surface area contributed by atoms with E-state index in [2.05, 4.69) is 5.32 Å². The Hall–Kier alpha value is -1.88. The van der Waals surface area contributed by atoms with E-state index in [0.717, 1.165) is 31.5 Å². The molecule has 1 aromatic rings. The van der Waals surface area contributed by atoms with E-state index in [-0.39, 0.29) is 18.4 Å². The molecule has 0 atom stereocenters. The Morgan fingerprint density at radius 1 is 1.26 bits per heavy atom. The first-order valence-corrected chi connectivity index (χ1v) is 8.41. The summed E-state index contributed by atoms with van der Waals surface area (Å²) in [5.74, 6) is 0.440. The number of hydrogen-bond donors (Lipinski definition) is 1. The number of carbonyl (C=O) groups excluding carboxylic acids is 2. The Labute approximate surface area is 137 Å². The summed E-state index contributed by atoms with van der Waals surface area (Å²) in [4.78, 5) is 26.6. The van der Waals surface area contributed by atoms with E-state index in [1.165, 1.54) is 12.8 Å². The lowest BCUT2D eigenvalue weighted by Gasteiger charge is -2.19. The molecule has 1 aliphatic carbocycles. The van der Waals surface area contributed by atoms with E-state index in [0.29, 0.717) is 23.8 Å². The van der Waals surface area contributed by atoms with Crippen LogP contribution in [0.5, 0.6) is 0 Å². The Bertz CT molecular complexity index is 590. The van der Waals surface area contributed by atoms with Gasteiger partial charge in [0.2, 0.25) is 5.91 Å². The Kier molecular flexibility index (Phi) is 4.96. The lowest BCUT2D eigenvalue weighted by atomic mass is 10.0. The average molecular weight is 316 g/mol. The molecule has 5 nitrogen and oxygen atoms in total. The van der Waals surface area contributed by atoms with E-state index in [4.69, 9.17) is 4.74 Å². The van der Waals surface area contributed by atoms with Crippen molar-refractivity contribution in [3.63, 3.8) is 0 Å². The smallest absolute Gasteiger partial charge is 0.256 e. The minimum atomic E-state index is -0.202. The Morgan fingerprint density at radius 2 is 2.00 bits per heavy atom. The molecule has 0 unspecified atom stereocenters. The molecule has 23 heavy (non-hydrogen) atoms. The molecule has 3 rings (SSSR count). The standard InChI is InChI=1S/C18H24N2O3/c1-13-5-4-6-15(17(13)18(22)20-9-2-3-10-20)19-16(21)12-23-11-14-7-8-14/h4-6,14H,2-3,7-12H2,1H3,(H,19,21). The fourth-order valence-electron chi connectivity index (χ4n) is 2.92. The van der Waals surface area contributed by atoms with E-state index in [1.54, 1.807) is 6.07 Å². The molecule has 2 amide bonds. The molecule has 1 saturated heterocycles. The number of nitrogens with one attached hydrogen (secondary N) is 1. The number of anilines is 1. The van der Waals surface area contributed by atoms with Crippen LogP contribution in [0.4, 0.5) is 5.69 Å². The minimum Gasteiger partial charge on any atom is -0.371 e. The number of amides is 2. The monoisotopic (exact) mass is 316 g/mol. The van der Waals surface area contributed by atoms with Crippen LogP contribution in [0.3, 0.4) is 0 Å². The molecule has 0 aromatic heterocycles. The number of nitrogens with zero attached hydrogens (tertiary/aromatic N) is 1. The van der Waals surface area contributed by atoms with Crippen LogP contribution in [-0.2, 0) is 9.53 Å². The summed E-state index contributed by atoms with van der Waals surface area (Å²) in [6, 6.07) is 5.55. The summed E-state index contributed by atoms with van der Waals surface area (Å²) in [6.07, 6.45) is 4.50. The van der Waals surface area contributed by atoms with Crippen molar-refractivity contribution in [1.29, 1.82) is 0 Å². The summed E-state index contributed by atoms with van der Waals surface area (Å²) in [5.41, 5.74) is 2.07. The number of carbonyl (C=O) groups is 2. The minimum absolute atomic E-state index is 0.00907. The van der Waals surface area contributed by atoms with Gasteiger partial charge in [-0.25, -0.2) is 0 Å². The number of benzene rings is 1. The largest absolute Gasteiger partial charge is 0.371 e. The molecule has 0 radical (unpaired) electrons. The van der Waals surface area contributed by atoms with Crippen LogP contribution in [0, 0.1) is 12.8 Å². The summed E-state index contributed by atoms with van der Waals surface area (Å²) >= 11 is 0. The Morgan fingerprint density at radius 3 is 2.70 bits per heavy atom. The van der Waals surface area contributed by atoms with E-state index in [1.807, 2.05) is 24.0 Å². The third-order valence-corrected chi connectivity index (χ3v) is 4.44. The zero-order valence-electron chi connectivity index (χ0n) is 13.6. The van der Waals surface area contributed by atoms with Gasteiger partial charge >= 0.3 is 0 Å². The van der Waals surface area contributed by atoms with Gasteiger partial charge in [-0.05, 0) is 50.2 Å². The Balaban J connectivity index is 1.66. The molecule has 5 heteroatoms. The van der Waals surface area contributed by atoms with Crippen molar-refractivity contribution < 1.29 is 14.3 Å². The van der Waals surface area contributed by atoms with E-state index in [9.17, 15) is 9.59 Å². The molecular formula is C18H24N2O3. The normalized spacial score (nSPS) is 17.3. The molecule has 2 aliphatic rings. The summed E-state index contributed by atoms with van der Waals surface area (Å²) in [7, 11) is 0. The van der Waals surface area contributed by atoms with Crippen molar-refractivity contribution >= 4 is 17.5 Å². The van der Waals surface area contributed by atoms with Gasteiger partial charge in [-0.2, -0.15) is 0 Å². The van der Waals surface area contributed by atoms with Gasteiger partial charge in [0.25, 0.3) is 5.91 Å². The number of likely N-dealkylation sites (tertiary alicyclic amines) is 1. The molecule has 1 saturated carbocycles. The summed E-state index contributed by atoms with van der Waals surface area (Å²) in [6.45, 7) is 4.20. The lowest BCUT2D eigenvalue weighted by molar-refractivity contribution is -0.120. The number of hydrogen-bond acceptors (Lipinski definition) is 3. The first kappa shape index (κ1) is 16.0. The maximum atomic E-state index is 12.7. The highest BCUT2D eigenvalue weighted by atomic mass is 16.5. The van der Waals surface area contributed by atoms with Gasteiger partial charge in [0.1, 0.15) is 6.61 Å². The second kappa shape index (κ2) is 7.13. The predicted molar refractivity (Wildman–Crippen MR) is 88.5 cm³/mol. The molecule has 2 fully saturated rings. The van der Waals surface area contributed by atoms with E-state index >= 15 is 0 Å². The van der Waals surface area contributed by atoms with Gasteiger partial charge in [0, 0.05) is 13.1 Å². The first-order chi connectivity index (χ1) is 11.1. The van der Waals surface area contributed by atoms with Crippen molar-refractivity contribution in [3.05, 3.63) is 29.3 Å². The van der Waals surface area contributed by atoms with Crippen LogP contribution >= 0.6 is 0 Å². The highest BCUT2D eigenvalue weighted by molar-refractivity contribution is 6.05. The molecule has 124 valence electrons. The van der Waals surface area contributed by atoms with Gasteiger partial charge in [-0.3, -0.25) is 9.59 Å². The van der Waals surface area contributed by atoms with Crippen LogP contribution in [0.1, 0.15) is 41.6 Å². The lowest BCUT2D eigenvalue weighted by Crippen LogP contribution is -2.30. The quantitative estimate of drug-likeness (QED) is 0.877. The fraction of sp³-hybridized carbons (Fsp3) is 0.556. The van der Waals surface area contributed by atoms with Gasteiger partial charge in [0.05, 0.1) is 17.9 Å². The molecule has 1 heterocycles. The van der Waals surface area contributed by atoms with Crippen LogP contribution in [0.25, 0.3) is 0 Å². The van der Waals surface area contributed by atoms with Crippen molar-refractivity contribution in [2.24, 2.45) is 5.92 Å². The number of rotatable bonds is 6. The maximum absolute atomic E-state index is 12.7. The van der Waals surface area contributed by atoms with Crippen molar-refractivity contribution in [2.45, 2.75) is 32.6 Å². The molecule has 0 bridgehead atoms.